The quantitative estimate of drug-likeness (QED) is 0.377. The third kappa shape index (κ3) is 3.81. The van der Waals surface area contributed by atoms with Gasteiger partial charge in [0.15, 0.2) is 16.8 Å². The third-order valence-corrected chi connectivity index (χ3v) is 6.95. The number of carbonyl (C=O) groups is 1. The second kappa shape index (κ2) is 8.82. The van der Waals surface area contributed by atoms with Crippen molar-refractivity contribution in [3.05, 3.63) is 65.9 Å². The van der Waals surface area contributed by atoms with Crippen LogP contribution in [0, 0.1) is 0 Å². The van der Waals surface area contributed by atoms with E-state index in [2.05, 4.69) is 41.1 Å². The van der Waals surface area contributed by atoms with Gasteiger partial charge in [0, 0.05) is 36.5 Å². The summed E-state index contributed by atoms with van der Waals surface area (Å²) in [6, 6.07) is 16.1. The van der Waals surface area contributed by atoms with Gasteiger partial charge >= 0.3 is 0 Å². The van der Waals surface area contributed by atoms with Gasteiger partial charge in [-0.3, -0.25) is 4.79 Å². The number of hydrogen-bond donors (Lipinski definition) is 0. The second-order valence-corrected chi connectivity index (χ2v) is 9.18. The Hall–Kier alpha value is -3.06. The molecule has 4 rings (SSSR count). The SMILES string of the molecule is CCn1c(SCC(=O)/C=C2/N(C)c3ccccc3C2(C)C)nnc1-c1ccccc1OC. The number of rotatable bonds is 7. The van der Waals surface area contributed by atoms with Crippen LogP contribution in [-0.4, -0.2) is 40.5 Å². The van der Waals surface area contributed by atoms with Gasteiger partial charge in [-0.25, -0.2) is 0 Å². The first kappa shape index (κ1) is 22.1. The molecule has 2 heterocycles. The number of methoxy groups -OCH3 is 1. The van der Waals surface area contributed by atoms with Crippen molar-refractivity contribution in [3.8, 4) is 17.1 Å². The summed E-state index contributed by atoms with van der Waals surface area (Å²) in [7, 11) is 3.67. The molecular weight excluding hydrogens is 420 g/mol. The topological polar surface area (TPSA) is 60.2 Å². The standard InChI is InChI=1S/C25H28N4O2S/c1-6-29-23(18-11-7-10-14-21(18)31-5)26-27-24(29)32-16-17(30)15-22-25(2,3)19-12-8-9-13-20(19)28(22)4/h7-15H,6,16H2,1-5H3/b22-15+. The molecule has 166 valence electrons. The molecule has 0 aliphatic carbocycles. The Bertz CT molecular complexity index is 1180. The van der Waals surface area contributed by atoms with Crippen molar-refractivity contribution in [1.29, 1.82) is 0 Å². The number of nitrogens with zero attached hydrogens (tertiary/aromatic N) is 4. The highest BCUT2D eigenvalue weighted by atomic mass is 32.2. The Balaban J connectivity index is 1.54. The number of thioether (sulfide) groups is 1. The molecule has 0 radical (unpaired) electrons. The Kier molecular flexibility index (Phi) is 6.11. The zero-order valence-corrected chi connectivity index (χ0v) is 19.9. The number of benzene rings is 2. The lowest BCUT2D eigenvalue weighted by atomic mass is 9.83. The van der Waals surface area contributed by atoms with E-state index >= 15 is 0 Å². The molecule has 2 aromatic carbocycles. The molecule has 0 spiro atoms. The van der Waals surface area contributed by atoms with E-state index in [0.29, 0.717) is 12.3 Å². The van der Waals surface area contributed by atoms with Gasteiger partial charge < -0.3 is 14.2 Å². The molecule has 0 saturated heterocycles. The summed E-state index contributed by atoms with van der Waals surface area (Å²) in [6.07, 6.45) is 1.78. The minimum absolute atomic E-state index is 0.0576. The average molecular weight is 449 g/mol. The fourth-order valence-corrected chi connectivity index (χ4v) is 5.12. The number of para-hydroxylation sites is 2. The molecule has 0 fully saturated rings. The van der Waals surface area contributed by atoms with Gasteiger partial charge in [-0.2, -0.15) is 0 Å². The number of carbonyl (C=O) groups excluding carboxylic acids is 1. The van der Waals surface area contributed by atoms with Crippen LogP contribution in [-0.2, 0) is 16.8 Å². The minimum atomic E-state index is -0.216. The Labute approximate surface area is 193 Å². The summed E-state index contributed by atoms with van der Waals surface area (Å²) >= 11 is 1.41. The summed E-state index contributed by atoms with van der Waals surface area (Å²) in [5.74, 6) is 1.85. The van der Waals surface area contributed by atoms with Crippen molar-refractivity contribution >= 4 is 23.2 Å². The van der Waals surface area contributed by atoms with Gasteiger partial charge in [0.2, 0.25) is 0 Å². The van der Waals surface area contributed by atoms with Crippen molar-refractivity contribution in [2.24, 2.45) is 0 Å². The number of likely N-dealkylation sites (N-methyl/N-ethyl adjacent to an activating group) is 1. The van der Waals surface area contributed by atoms with E-state index in [4.69, 9.17) is 4.74 Å². The van der Waals surface area contributed by atoms with Gasteiger partial charge in [-0.15, -0.1) is 10.2 Å². The van der Waals surface area contributed by atoms with Crippen LogP contribution in [0.1, 0.15) is 26.3 Å². The molecule has 32 heavy (non-hydrogen) atoms. The van der Waals surface area contributed by atoms with E-state index < -0.39 is 0 Å². The van der Waals surface area contributed by atoms with Crippen molar-refractivity contribution in [2.75, 3.05) is 24.8 Å². The molecule has 0 unspecified atom stereocenters. The van der Waals surface area contributed by atoms with Crippen molar-refractivity contribution in [1.82, 2.24) is 14.8 Å². The van der Waals surface area contributed by atoms with Gasteiger partial charge in [0.1, 0.15) is 5.75 Å². The molecule has 0 saturated carbocycles. The molecule has 6 nitrogen and oxygen atoms in total. The summed E-state index contributed by atoms with van der Waals surface area (Å²) in [6.45, 7) is 7.07. The second-order valence-electron chi connectivity index (χ2n) is 8.24. The first-order chi connectivity index (χ1) is 15.4. The van der Waals surface area contributed by atoms with Crippen LogP contribution in [0.3, 0.4) is 0 Å². The maximum Gasteiger partial charge on any atom is 0.191 e. The van der Waals surface area contributed by atoms with Crippen LogP contribution in [0.4, 0.5) is 5.69 Å². The van der Waals surface area contributed by atoms with Gasteiger partial charge in [-0.05, 0) is 30.7 Å². The molecule has 7 heteroatoms. The number of ether oxygens (including phenoxy) is 1. The van der Waals surface area contributed by atoms with Crippen molar-refractivity contribution in [2.45, 2.75) is 37.9 Å². The third-order valence-electron chi connectivity index (χ3n) is 5.96. The fourth-order valence-electron chi connectivity index (χ4n) is 4.30. The molecule has 1 aliphatic heterocycles. The van der Waals surface area contributed by atoms with Gasteiger partial charge in [0.25, 0.3) is 0 Å². The van der Waals surface area contributed by atoms with Crippen LogP contribution in [0.2, 0.25) is 0 Å². The number of fused-ring (bicyclic) bond motifs is 1. The number of aromatic nitrogens is 3. The maximum absolute atomic E-state index is 12.9. The van der Waals surface area contributed by atoms with E-state index in [9.17, 15) is 4.79 Å². The van der Waals surface area contributed by atoms with Gasteiger partial charge in [-0.1, -0.05) is 55.9 Å². The van der Waals surface area contributed by atoms with E-state index in [1.165, 1.54) is 17.3 Å². The van der Waals surface area contributed by atoms with Crippen LogP contribution < -0.4 is 9.64 Å². The highest BCUT2D eigenvalue weighted by Crippen LogP contribution is 2.46. The minimum Gasteiger partial charge on any atom is -0.496 e. The summed E-state index contributed by atoms with van der Waals surface area (Å²) in [5, 5.41) is 9.47. The molecule has 0 bridgehead atoms. The largest absolute Gasteiger partial charge is 0.496 e. The Morgan fingerprint density at radius 1 is 1.12 bits per heavy atom. The predicted octanol–water partition coefficient (Wildman–Crippen LogP) is 4.95. The molecule has 0 N–H and O–H groups in total. The van der Waals surface area contributed by atoms with E-state index in [1.807, 2.05) is 54.9 Å². The molecule has 1 aliphatic rings. The van der Waals surface area contributed by atoms with Gasteiger partial charge in [0.05, 0.1) is 18.4 Å². The van der Waals surface area contributed by atoms with E-state index in [-0.39, 0.29) is 11.2 Å². The first-order valence-corrected chi connectivity index (χ1v) is 11.6. The average Bonchev–Trinajstić information content (AvgIpc) is 3.30. The summed E-state index contributed by atoms with van der Waals surface area (Å²) < 4.78 is 7.50. The lowest BCUT2D eigenvalue weighted by Gasteiger charge is -2.23. The zero-order valence-electron chi connectivity index (χ0n) is 19.1. The number of allylic oxidation sites excluding steroid dienone is 2. The number of ketones is 1. The Morgan fingerprint density at radius 2 is 1.84 bits per heavy atom. The van der Waals surface area contributed by atoms with E-state index in [0.717, 1.165) is 33.7 Å². The zero-order chi connectivity index (χ0) is 22.9. The lowest BCUT2D eigenvalue weighted by Crippen LogP contribution is -2.24. The number of anilines is 1. The van der Waals surface area contributed by atoms with Crippen LogP contribution in [0.25, 0.3) is 11.4 Å². The molecule has 3 aromatic rings. The number of hydrogen-bond acceptors (Lipinski definition) is 6. The van der Waals surface area contributed by atoms with E-state index in [1.54, 1.807) is 13.2 Å². The predicted molar refractivity (Wildman–Crippen MR) is 129 cm³/mol. The molecule has 0 amide bonds. The van der Waals surface area contributed by atoms with Crippen LogP contribution >= 0.6 is 11.8 Å². The maximum atomic E-state index is 12.9. The Morgan fingerprint density at radius 3 is 2.56 bits per heavy atom. The smallest absolute Gasteiger partial charge is 0.191 e. The summed E-state index contributed by atoms with van der Waals surface area (Å²) in [4.78, 5) is 15.0. The lowest BCUT2D eigenvalue weighted by molar-refractivity contribution is -0.112. The highest BCUT2D eigenvalue weighted by Gasteiger charge is 2.38. The molecular formula is C25H28N4O2S. The first-order valence-electron chi connectivity index (χ1n) is 10.7. The van der Waals surface area contributed by atoms with Crippen LogP contribution in [0.15, 0.2) is 65.5 Å². The fraction of sp³-hybridized carbons (Fsp3) is 0.320. The van der Waals surface area contributed by atoms with Crippen molar-refractivity contribution in [3.63, 3.8) is 0 Å². The van der Waals surface area contributed by atoms with Crippen molar-refractivity contribution < 1.29 is 9.53 Å². The molecule has 0 atom stereocenters. The normalized spacial score (nSPS) is 15.8. The monoisotopic (exact) mass is 448 g/mol. The summed E-state index contributed by atoms with van der Waals surface area (Å²) in [5.41, 5.74) is 4.07. The van der Waals surface area contributed by atoms with Crippen LogP contribution in [0.5, 0.6) is 5.75 Å². The molecule has 1 aromatic heterocycles. The highest BCUT2D eigenvalue weighted by molar-refractivity contribution is 7.99.